The van der Waals surface area contributed by atoms with E-state index in [2.05, 4.69) is 5.32 Å². The van der Waals surface area contributed by atoms with Crippen molar-refractivity contribution in [2.75, 3.05) is 5.32 Å². The van der Waals surface area contributed by atoms with E-state index in [0.29, 0.717) is 11.1 Å². The zero-order valence-corrected chi connectivity index (χ0v) is 14.5. The van der Waals surface area contributed by atoms with E-state index in [1.807, 2.05) is 6.07 Å². The molecule has 0 aliphatic rings. The van der Waals surface area contributed by atoms with E-state index in [1.165, 1.54) is 25.1 Å². The first-order valence-corrected chi connectivity index (χ1v) is 7.91. The molecule has 0 spiro atoms. The van der Waals surface area contributed by atoms with Crippen molar-refractivity contribution in [1.82, 2.24) is 0 Å². The minimum Gasteiger partial charge on any atom is -0.449 e. The van der Waals surface area contributed by atoms with Gasteiger partial charge in [0.25, 0.3) is 5.91 Å². The van der Waals surface area contributed by atoms with Gasteiger partial charge in [-0.15, -0.1) is 0 Å². The third-order valence-electron chi connectivity index (χ3n) is 3.30. The molecule has 0 bridgehead atoms. The summed E-state index contributed by atoms with van der Waals surface area (Å²) in [7, 11) is 0. The Morgan fingerprint density at radius 1 is 1.27 bits per heavy atom. The molecule has 1 atom stereocenters. The Morgan fingerprint density at radius 2 is 1.96 bits per heavy atom. The van der Waals surface area contributed by atoms with E-state index in [4.69, 9.17) is 21.6 Å². The first kappa shape index (κ1) is 19.2. The van der Waals surface area contributed by atoms with Crippen molar-refractivity contribution in [2.45, 2.75) is 13.0 Å². The molecule has 0 aliphatic carbocycles. The molecule has 5 nitrogen and oxygen atoms in total. The minimum absolute atomic E-state index is 0.0598. The van der Waals surface area contributed by atoms with Gasteiger partial charge in [0.15, 0.2) is 6.10 Å². The molecule has 1 amide bonds. The fraction of sp³-hybridized carbons (Fsp3) is 0.105. The van der Waals surface area contributed by atoms with Crippen LogP contribution in [0, 0.1) is 17.1 Å². The third-order valence-corrected chi connectivity index (χ3v) is 3.54. The highest BCUT2D eigenvalue weighted by atomic mass is 35.5. The van der Waals surface area contributed by atoms with Gasteiger partial charge in [0.05, 0.1) is 17.3 Å². The average molecular weight is 373 g/mol. The quantitative estimate of drug-likeness (QED) is 0.637. The summed E-state index contributed by atoms with van der Waals surface area (Å²) in [4.78, 5) is 23.8. The third kappa shape index (κ3) is 5.43. The van der Waals surface area contributed by atoms with Crippen LogP contribution in [-0.2, 0) is 14.3 Å². The smallest absolute Gasteiger partial charge is 0.331 e. The normalized spacial score (nSPS) is 11.6. The lowest BCUT2D eigenvalue weighted by Gasteiger charge is -2.13. The number of esters is 1. The van der Waals surface area contributed by atoms with Gasteiger partial charge in [-0.05, 0) is 48.9 Å². The number of halogens is 2. The van der Waals surface area contributed by atoms with Crippen LogP contribution in [0.25, 0.3) is 6.08 Å². The summed E-state index contributed by atoms with van der Waals surface area (Å²) in [5.41, 5.74) is 1.14. The summed E-state index contributed by atoms with van der Waals surface area (Å²) in [6, 6.07) is 12.4. The maximum atomic E-state index is 13.7. The van der Waals surface area contributed by atoms with Gasteiger partial charge in [0.1, 0.15) is 5.82 Å². The van der Waals surface area contributed by atoms with Crippen molar-refractivity contribution in [1.29, 1.82) is 5.26 Å². The summed E-state index contributed by atoms with van der Waals surface area (Å²) in [5, 5.41) is 11.3. The summed E-state index contributed by atoms with van der Waals surface area (Å²) in [5.74, 6) is -2.09. The SMILES string of the molecule is C[C@H](OC(=O)/C=C/c1ccc(C#N)cc1)C(=O)Nc1ccc(Cl)cc1F. The molecule has 7 heteroatoms. The molecule has 2 aromatic rings. The first-order chi connectivity index (χ1) is 12.4. The Hall–Kier alpha value is -3.17. The van der Waals surface area contributed by atoms with E-state index in [-0.39, 0.29) is 10.7 Å². The molecule has 0 aliphatic heterocycles. The lowest BCUT2D eigenvalue weighted by molar-refractivity contribution is -0.148. The van der Waals surface area contributed by atoms with Gasteiger partial charge >= 0.3 is 5.97 Å². The number of hydrogen-bond acceptors (Lipinski definition) is 4. The molecule has 0 saturated carbocycles. The number of ether oxygens (including phenoxy) is 1. The summed E-state index contributed by atoms with van der Waals surface area (Å²) in [6.45, 7) is 1.37. The average Bonchev–Trinajstić information content (AvgIpc) is 2.62. The van der Waals surface area contributed by atoms with Gasteiger partial charge in [-0.2, -0.15) is 5.26 Å². The predicted octanol–water partition coefficient (Wildman–Crippen LogP) is 3.93. The summed E-state index contributed by atoms with van der Waals surface area (Å²) < 4.78 is 18.6. The number of carbonyl (C=O) groups is 2. The van der Waals surface area contributed by atoms with Crippen molar-refractivity contribution < 1.29 is 18.7 Å². The van der Waals surface area contributed by atoms with Crippen LogP contribution in [0.15, 0.2) is 48.5 Å². The van der Waals surface area contributed by atoms with E-state index < -0.39 is 23.8 Å². The second-order valence-corrected chi connectivity index (χ2v) is 5.70. The van der Waals surface area contributed by atoms with Gasteiger partial charge in [0, 0.05) is 11.1 Å². The predicted molar refractivity (Wildman–Crippen MR) is 95.8 cm³/mol. The molecule has 0 radical (unpaired) electrons. The molecule has 0 heterocycles. The Bertz CT molecular complexity index is 889. The molecule has 0 aromatic heterocycles. The molecule has 26 heavy (non-hydrogen) atoms. The van der Waals surface area contributed by atoms with Gasteiger partial charge < -0.3 is 10.1 Å². The number of nitrogens with one attached hydrogen (secondary N) is 1. The van der Waals surface area contributed by atoms with Crippen molar-refractivity contribution in [3.8, 4) is 6.07 Å². The molecule has 0 saturated heterocycles. The fourth-order valence-electron chi connectivity index (χ4n) is 1.93. The Kier molecular flexibility index (Phi) is 6.48. The molecule has 2 rings (SSSR count). The Labute approximate surface area is 154 Å². The van der Waals surface area contributed by atoms with Crippen LogP contribution in [-0.4, -0.2) is 18.0 Å². The van der Waals surface area contributed by atoms with Crippen LogP contribution < -0.4 is 5.32 Å². The van der Waals surface area contributed by atoms with Gasteiger partial charge in [-0.1, -0.05) is 23.7 Å². The molecular formula is C19H14ClFN2O3. The maximum Gasteiger partial charge on any atom is 0.331 e. The van der Waals surface area contributed by atoms with Crippen LogP contribution >= 0.6 is 11.6 Å². The van der Waals surface area contributed by atoms with Crippen LogP contribution in [0.3, 0.4) is 0 Å². The Balaban J connectivity index is 1.91. The molecular weight excluding hydrogens is 359 g/mol. The highest BCUT2D eigenvalue weighted by Crippen LogP contribution is 2.19. The molecule has 0 fully saturated rings. The van der Waals surface area contributed by atoms with Crippen LogP contribution in [0.2, 0.25) is 5.02 Å². The second kappa shape index (κ2) is 8.79. The number of nitriles is 1. The first-order valence-electron chi connectivity index (χ1n) is 7.54. The molecule has 1 N–H and O–H groups in total. The lowest BCUT2D eigenvalue weighted by atomic mass is 10.1. The zero-order valence-electron chi connectivity index (χ0n) is 13.7. The summed E-state index contributed by atoms with van der Waals surface area (Å²) in [6.07, 6.45) is 1.53. The number of anilines is 1. The van der Waals surface area contributed by atoms with Crippen molar-refractivity contribution in [3.05, 3.63) is 70.5 Å². The largest absolute Gasteiger partial charge is 0.449 e. The van der Waals surface area contributed by atoms with E-state index >= 15 is 0 Å². The highest BCUT2D eigenvalue weighted by molar-refractivity contribution is 6.30. The van der Waals surface area contributed by atoms with Crippen molar-refractivity contribution in [2.24, 2.45) is 0 Å². The number of amides is 1. The molecule has 132 valence electrons. The van der Waals surface area contributed by atoms with Crippen LogP contribution in [0.4, 0.5) is 10.1 Å². The van der Waals surface area contributed by atoms with E-state index in [0.717, 1.165) is 12.1 Å². The monoisotopic (exact) mass is 372 g/mol. The number of nitrogens with zero attached hydrogens (tertiary/aromatic N) is 1. The topological polar surface area (TPSA) is 79.2 Å². The number of carbonyl (C=O) groups excluding carboxylic acids is 2. The van der Waals surface area contributed by atoms with E-state index in [1.54, 1.807) is 24.3 Å². The summed E-state index contributed by atoms with van der Waals surface area (Å²) >= 11 is 5.64. The minimum atomic E-state index is -1.12. The standard InChI is InChI=1S/C19H14ClFN2O3/c1-12(19(25)23-17-8-7-15(20)10-16(17)21)26-18(24)9-6-13-2-4-14(11-22)5-3-13/h2-10,12H,1H3,(H,23,25)/b9-6+/t12-/m0/s1. The molecule has 2 aromatic carbocycles. The number of rotatable bonds is 5. The van der Waals surface area contributed by atoms with Gasteiger partial charge in [-0.3, -0.25) is 4.79 Å². The lowest BCUT2D eigenvalue weighted by Crippen LogP contribution is -2.29. The van der Waals surface area contributed by atoms with Gasteiger partial charge in [0.2, 0.25) is 0 Å². The number of benzene rings is 2. The highest BCUT2D eigenvalue weighted by Gasteiger charge is 2.18. The fourth-order valence-corrected chi connectivity index (χ4v) is 2.08. The Morgan fingerprint density at radius 3 is 2.58 bits per heavy atom. The zero-order chi connectivity index (χ0) is 19.1. The van der Waals surface area contributed by atoms with Crippen molar-refractivity contribution >= 4 is 35.2 Å². The van der Waals surface area contributed by atoms with Crippen LogP contribution in [0.5, 0.6) is 0 Å². The van der Waals surface area contributed by atoms with Crippen LogP contribution in [0.1, 0.15) is 18.1 Å². The van der Waals surface area contributed by atoms with Crippen molar-refractivity contribution in [3.63, 3.8) is 0 Å². The maximum absolute atomic E-state index is 13.7. The number of hydrogen-bond donors (Lipinski definition) is 1. The second-order valence-electron chi connectivity index (χ2n) is 5.26. The molecule has 0 unspecified atom stereocenters. The van der Waals surface area contributed by atoms with Gasteiger partial charge in [-0.25, -0.2) is 9.18 Å². The van der Waals surface area contributed by atoms with E-state index in [9.17, 15) is 14.0 Å².